The van der Waals surface area contributed by atoms with Crippen LogP contribution in [0.1, 0.15) is 54.2 Å². The highest BCUT2D eigenvalue weighted by atomic mass is 35.5. The van der Waals surface area contributed by atoms with Gasteiger partial charge in [0.15, 0.2) is 5.15 Å². The predicted octanol–water partition coefficient (Wildman–Crippen LogP) is 3.73. The summed E-state index contributed by atoms with van der Waals surface area (Å²) in [4.78, 5) is 15.7. The van der Waals surface area contributed by atoms with E-state index in [9.17, 15) is 9.90 Å². The summed E-state index contributed by atoms with van der Waals surface area (Å²) in [5.74, 6) is 0.322. The maximum Gasteiger partial charge on any atom is 0.337 e. The Labute approximate surface area is 116 Å². The van der Waals surface area contributed by atoms with Crippen molar-refractivity contribution in [3.05, 3.63) is 34.9 Å². The van der Waals surface area contributed by atoms with Gasteiger partial charge >= 0.3 is 5.97 Å². The van der Waals surface area contributed by atoms with Crippen molar-refractivity contribution in [3.8, 4) is 0 Å². The molecule has 4 nitrogen and oxygen atoms in total. The van der Waals surface area contributed by atoms with E-state index >= 15 is 0 Å². The molecule has 1 aliphatic carbocycles. The minimum atomic E-state index is -0.970. The van der Waals surface area contributed by atoms with Gasteiger partial charge in [0, 0.05) is 12.1 Å². The van der Waals surface area contributed by atoms with Gasteiger partial charge in [0.05, 0.1) is 11.1 Å². The highest BCUT2D eigenvalue weighted by Gasteiger charge is 2.23. The number of rotatable bonds is 2. The third kappa shape index (κ3) is 2.10. The lowest BCUT2D eigenvalue weighted by molar-refractivity contribution is 0.0698. The van der Waals surface area contributed by atoms with E-state index in [-0.39, 0.29) is 5.56 Å². The normalized spacial score (nSPS) is 16.9. The lowest BCUT2D eigenvalue weighted by Gasteiger charge is -2.20. The van der Waals surface area contributed by atoms with Gasteiger partial charge < -0.3 is 9.51 Å². The molecule has 1 saturated carbocycles. The highest BCUT2D eigenvalue weighted by Crippen LogP contribution is 2.34. The summed E-state index contributed by atoms with van der Waals surface area (Å²) in [5.41, 5.74) is 0.722. The minimum absolute atomic E-state index is 0.210. The average Bonchev–Trinajstić information content (AvgIpc) is 2.77. The van der Waals surface area contributed by atoms with Crippen LogP contribution >= 0.6 is 11.6 Å². The number of aromatic carboxylic acids is 1. The second-order valence-electron chi connectivity index (χ2n) is 5.04. The maximum absolute atomic E-state index is 11.3. The molecule has 0 aromatic carbocycles. The van der Waals surface area contributed by atoms with Gasteiger partial charge in [-0.1, -0.05) is 30.9 Å². The Morgan fingerprint density at radius 2 is 2.11 bits per heavy atom. The number of nitrogens with zero attached hydrogens (tertiary/aromatic N) is 2. The Morgan fingerprint density at radius 1 is 1.37 bits per heavy atom. The van der Waals surface area contributed by atoms with Crippen molar-refractivity contribution in [1.82, 2.24) is 9.38 Å². The highest BCUT2D eigenvalue weighted by molar-refractivity contribution is 6.33. The number of imidazole rings is 1. The topological polar surface area (TPSA) is 54.6 Å². The van der Waals surface area contributed by atoms with Gasteiger partial charge in [-0.05, 0) is 25.0 Å². The molecule has 0 unspecified atom stereocenters. The van der Waals surface area contributed by atoms with Crippen LogP contribution in [0.3, 0.4) is 0 Å². The monoisotopic (exact) mass is 278 g/mol. The zero-order valence-electron chi connectivity index (χ0n) is 10.5. The van der Waals surface area contributed by atoms with E-state index in [1.807, 2.05) is 10.6 Å². The van der Waals surface area contributed by atoms with E-state index < -0.39 is 5.97 Å². The van der Waals surface area contributed by atoms with Crippen molar-refractivity contribution in [2.45, 2.75) is 38.0 Å². The first-order valence-corrected chi connectivity index (χ1v) is 6.96. The molecular formula is C14H15ClN2O2. The molecule has 1 N–H and O–H groups in total. The minimum Gasteiger partial charge on any atom is -0.478 e. The molecule has 5 heteroatoms. The molecule has 0 radical (unpaired) electrons. The number of hydrogen-bond donors (Lipinski definition) is 1. The summed E-state index contributed by atoms with van der Waals surface area (Å²) >= 11 is 6.15. The van der Waals surface area contributed by atoms with Crippen LogP contribution in [0.25, 0.3) is 5.52 Å². The Balaban J connectivity index is 2.16. The lowest BCUT2D eigenvalue weighted by atomic mass is 9.89. The Kier molecular flexibility index (Phi) is 3.19. The number of hydrogen-bond acceptors (Lipinski definition) is 2. The number of halogens is 1. The third-order valence-electron chi connectivity index (χ3n) is 3.85. The zero-order chi connectivity index (χ0) is 13.4. The van der Waals surface area contributed by atoms with E-state index in [4.69, 9.17) is 11.6 Å². The number of carboxylic acids is 1. The van der Waals surface area contributed by atoms with E-state index in [1.54, 1.807) is 12.1 Å². The van der Waals surface area contributed by atoms with Gasteiger partial charge in [-0.15, -0.1) is 0 Å². The van der Waals surface area contributed by atoms with Crippen molar-refractivity contribution < 1.29 is 9.90 Å². The lowest BCUT2D eigenvalue weighted by Crippen LogP contribution is -2.09. The molecule has 2 aromatic rings. The Bertz CT molecular complexity index is 630. The van der Waals surface area contributed by atoms with E-state index in [0.29, 0.717) is 16.6 Å². The van der Waals surface area contributed by atoms with Crippen LogP contribution in [0, 0.1) is 0 Å². The molecule has 2 heterocycles. The summed E-state index contributed by atoms with van der Waals surface area (Å²) in [6, 6.07) is 3.30. The Morgan fingerprint density at radius 3 is 2.79 bits per heavy atom. The summed E-state index contributed by atoms with van der Waals surface area (Å²) in [6.07, 6.45) is 7.74. The molecule has 100 valence electrons. The third-order valence-corrected chi connectivity index (χ3v) is 4.11. The number of carboxylic acid groups (broad SMARTS) is 1. The van der Waals surface area contributed by atoms with Crippen molar-refractivity contribution in [2.24, 2.45) is 0 Å². The summed E-state index contributed by atoms with van der Waals surface area (Å²) in [7, 11) is 0. The van der Waals surface area contributed by atoms with Crippen LogP contribution in [0.2, 0.25) is 5.15 Å². The van der Waals surface area contributed by atoms with Crippen LogP contribution in [-0.2, 0) is 0 Å². The standard InChI is InChI=1S/C14H15ClN2O2/c15-12-11-10(14(18)19)7-4-8-17(11)13(16-12)9-5-2-1-3-6-9/h4,7-9H,1-3,5-6H2,(H,18,19). The first-order valence-electron chi connectivity index (χ1n) is 6.58. The number of fused-ring (bicyclic) bond motifs is 1. The van der Waals surface area contributed by atoms with Crippen LogP contribution in [0.5, 0.6) is 0 Å². The fourth-order valence-corrected chi connectivity index (χ4v) is 3.22. The number of aromatic nitrogens is 2. The molecule has 0 amide bonds. The van der Waals surface area contributed by atoms with Crippen LogP contribution in [0.4, 0.5) is 0 Å². The number of pyridine rings is 1. The van der Waals surface area contributed by atoms with Crippen molar-refractivity contribution in [1.29, 1.82) is 0 Å². The summed E-state index contributed by atoms with van der Waals surface area (Å²) < 4.78 is 1.85. The quantitative estimate of drug-likeness (QED) is 0.910. The fraction of sp³-hybridized carbons (Fsp3) is 0.429. The molecule has 0 bridgehead atoms. The van der Waals surface area contributed by atoms with Gasteiger partial charge in [-0.25, -0.2) is 9.78 Å². The molecule has 0 spiro atoms. The molecule has 0 saturated heterocycles. The van der Waals surface area contributed by atoms with E-state index in [1.165, 1.54) is 19.3 Å². The molecule has 2 aromatic heterocycles. The van der Waals surface area contributed by atoms with Crippen molar-refractivity contribution in [2.75, 3.05) is 0 Å². The van der Waals surface area contributed by atoms with Gasteiger partial charge in [0.25, 0.3) is 0 Å². The number of carbonyl (C=O) groups is 1. The van der Waals surface area contributed by atoms with Crippen molar-refractivity contribution >= 4 is 23.1 Å². The SMILES string of the molecule is O=C(O)c1cccn2c(C3CCCCC3)nc(Cl)c12. The van der Waals surface area contributed by atoms with E-state index in [0.717, 1.165) is 18.7 Å². The first-order chi connectivity index (χ1) is 9.18. The first kappa shape index (κ1) is 12.5. The van der Waals surface area contributed by atoms with Gasteiger partial charge in [0.2, 0.25) is 0 Å². The van der Waals surface area contributed by atoms with Gasteiger partial charge in [-0.2, -0.15) is 0 Å². The van der Waals surface area contributed by atoms with Gasteiger partial charge in [0.1, 0.15) is 5.82 Å². The van der Waals surface area contributed by atoms with Crippen LogP contribution in [0.15, 0.2) is 18.3 Å². The zero-order valence-corrected chi connectivity index (χ0v) is 11.2. The molecule has 1 aliphatic rings. The molecule has 19 heavy (non-hydrogen) atoms. The van der Waals surface area contributed by atoms with Gasteiger partial charge in [-0.3, -0.25) is 0 Å². The summed E-state index contributed by atoms with van der Waals surface area (Å²) in [6.45, 7) is 0. The second kappa shape index (κ2) is 4.85. The molecule has 3 rings (SSSR count). The second-order valence-corrected chi connectivity index (χ2v) is 5.40. The molecular weight excluding hydrogens is 264 g/mol. The van der Waals surface area contributed by atoms with Crippen LogP contribution in [-0.4, -0.2) is 20.5 Å². The summed E-state index contributed by atoms with van der Waals surface area (Å²) in [5, 5.41) is 9.52. The predicted molar refractivity (Wildman–Crippen MR) is 73.0 cm³/mol. The maximum atomic E-state index is 11.3. The van der Waals surface area contributed by atoms with Crippen LogP contribution < -0.4 is 0 Å². The fourth-order valence-electron chi connectivity index (χ4n) is 2.94. The average molecular weight is 279 g/mol. The molecule has 1 fully saturated rings. The van der Waals surface area contributed by atoms with Crippen molar-refractivity contribution in [3.63, 3.8) is 0 Å². The smallest absolute Gasteiger partial charge is 0.337 e. The molecule has 0 atom stereocenters. The Hall–Kier alpha value is -1.55. The largest absolute Gasteiger partial charge is 0.478 e. The molecule has 0 aliphatic heterocycles. The van der Waals surface area contributed by atoms with E-state index in [2.05, 4.69) is 4.98 Å².